The predicted molar refractivity (Wildman–Crippen MR) is 233 cm³/mol. The molecule has 6 atom stereocenters. The van der Waals surface area contributed by atoms with Gasteiger partial charge in [0, 0.05) is 43.6 Å². The molecule has 1 saturated heterocycles. The number of halogens is 3. The van der Waals surface area contributed by atoms with Crippen molar-refractivity contribution in [3.63, 3.8) is 0 Å². The zero-order valence-corrected chi connectivity index (χ0v) is 39.7. The van der Waals surface area contributed by atoms with Gasteiger partial charge in [0.05, 0.1) is 6.61 Å². The Labute approximate surface area is 356 Å². The molecule has 2 heterocycles. The first kappa shape index (κ1) is 50.2. The molecule has 2 fully saturated rings. The fraction of sp³-hybridized carbons (Fsp3) is 0.625. The van der Waals surface area contributed by atoms with Crippen LogP contribution < -0.4 is 0 Å². The quantitative estimate of drug-likeness (QED) is 0.0256. The first-order valence-corrected chi connectivity index (χ1v) is 32.2. The third-order valence-electron chi connectivity index (χ3n) is 9.50. The summed E-state index contributed by atoms with van der Waals surface area (Å²) in [6.45, 7) is 16.4. The van der Waals surface area contributed by atoms with Gasteiger partial charge in [-0.1, -0.05) is 44.6 Å². The molecule has 0 radical (unpaired) electrons. The number of hydrogen-bond acceptors (Lipinski definition) is 8. The van der Waals surface area contributed by atoms with Gasteiger partial charge in [-0.15, -0.1) is 6.58 Å². The Morgan fingerprint density at radius 2 is 1.83 bits per heavy atom. The van der Waals surface area contributed by atoms with Gasteiger partial charge in [0.1, 0.15) is 17.9 Å². The van der Waals surface area contributed by atoms with Crippen LogP contribution in [-0.4, -0.2) is 65.1 Å². The van der Waals surface area contributed by atoms with Gasteiger partial charge < -0.3 is 21.3 Å². The average Bonchev–Trinajstić information content (AvgIpc) is 3.58. The number of carbonyl (C=O) groups excluding carboxylic acids is 5. The first-order chi connectivity index (χ1) is 25.3. The van der Waals surface area contributed by atoms with Gasteiger partial charge in [0.15, 0.2) is 0 Å². The standard InChI is InChI=1S/C37H52N2O7.C3H7.3HI.V/c1-5-9-30(22-27(3)18-21-45-25-40)33(41)16-13-28(4)34(17-14-29-10-8-19-38-24-29)46-37(44)32-11-6-7-20-39(32)36(43)35(42)31-15-12-26(2)23-31;1-3-2;;;;/h5,8,10,19,22,24-26,28,30-32,34H,1,6-7,9,11-18,20-21,23H2,2-4H3;1,3H2,2H3;3*1H;/q;-1;;;;+3/p-3/b27-22+;;;;;/t26-,28+,30?,31+,32-,34?;;;;;/m0...../s1. The van der Waals surface area contributed by atoms with Crippen molar-refractivity contribution >= 4 is 89.9 Å². The Morgan fingerprint density at radius 3 is 2.42 bits per heavy atom. The summed E-state index contributed by atoms with van der Waals surface area (Å²) in [6.07, 6.45) is 15.1. The summed E-state index contributed by atoms with van der Waals surface area (Å²) in [7, 11) is 0. The van der Waals surface area contributed by atoms with E-state index in [-0.39, 0.29) is 40.8 Å². The summed E-state index contributed by atoms with van der Waals surface area (Å²) >= 11 is 7.39. The Morgan fingerprint density at radius 1 is 1.13 bits per heavy atom. The molecule has 1 aromatic rings. The van der Waals surface area contributed by atoms with Crippen molar-refractivity contribution in [2.75, 3.05) is 13.2 Å². The monoisotopic (exact) mass is 1110 g/mol. The number of pyridine rings is 1. The summed E-state index contributed by atoms with van der Waals surface area (Å²) in [5.74, 6) is -1.64. The zero-order valence-electron chi connectivity index (χ0n) is 31.9. The second-order valence-electron chi connectivity index (χ2n) is 13.9. The fourth-order valence-corrected chi connectivity index (χ4v) is 6.63. The molecular formula is C40H59I3N2O7V-. The van der Waals surface area contributed by atoms with E-state index in [1.165, 1.54) is 4.90 Å². The molecule has 298 valence electrons. The molecule has 2 unspecified atom stereocenters. The van der Waals surface area contributed by atoms with Crippen LogP contribution in [0.3, 0.4) is 0 Å². The number of esters is 1. The summed E-state index contributed by atoms with van der Waals surface area (Å²) in [5, 5.41) is 0. The minimum atomic E-state index is -0.785. The molecule has 3 rings (SSSR count). The number of aromatic nitrogens is 1. The second-order valence-corrected chi connectivity index (χ2v) is 49.3. The van der Waals surface area contributed by atoms with Gasteiger partial charge in [-0.3, -0.25) is 24.2 Å². The molecule has 1 aromatic heterocycles. The zero-order chi connectivity index (χ0) is 39.8. The number of Topliss-reactive ketones (excluding diaryl/α,β-unsaturated/α-hetero) is 2. The van der Waals surface area contributed by atoms with Crippen LogP contribution in [0.25, 0.3) is 0 Å². The van der Waals surface area contributed by atoms with E-state index in [1.54, 1.807) is 18.5 Å². The molecule has 0 N–H and O–H groups in total. The van der Waals surface area contributed by atoms with Crippen LogP contribution in [-0.2, 0) is 44.8 Å². The number of amides is 1. The van der Waals surface area contributed by atoms with E-state index in [0.29, 0.717) is 63.9 Å². The Bertz CT molecular complexity index is 1300. The van der Waals surface area contributed by atoms with E-state index in [1.807, 2.05) is 39.0 Å². The number of nitrogens with zero attached hydrogens (tertiary/aromatic N) is 2. The molecule has 1 amide bonds. The summed E-state index contributed by atoms with van der Waals surface area (Å²) in [6, 6.07) is 3.06. The SMILES string of the molecule is C=CCC(/C=C(\C)CCOC=O)C(=O)CC[C@@H](C)C(CCc1cccnc1)OC(=O)[C@@H]1CCCCN1C(=O)C(=O)[C@@H]1CC[C@H](C)C1.[CH2-]CC.[I][V]([I])[I]. The number of piperidine rings is 1. The molecule has 0 bridgehead atoms. The summed E-state index contributed by atoms with van der Waals surface area (Å²) < 4.78 is 11.0. The van der Waals surface area contributed by atoms with Crippen LogP contribution in [0.1, 0.15) is 110 Å². The van der Waals surface area contributed by atoms with Gasteiger partial charge in [-0.25, -0.2) is 4.79 Å². The van der Waals surface area contributed by atoms with Crippen LogP contribution >= 0.6 is 59.9 Å². The normalized spacial score (nSPS) is 20.1. The third-order valence-corrected chi connectivity index (χ3v) is 9.50. The van der Waals surface area contributed by atoms with Crippen molar-refractivity contribution in [1.82, 2.24) is 9.88 Å². The number of ketones is 2. The molecule has 0 spiro atoms. The molecule has 2 aliphatic rings. The number of rotatable bonds is 19. The van der Waals surface area contributed by atoms with Crippen molar-refractivity contribution in [3.8, 4) is 0 Å². The Kier molecular flexibility index (Phi) is 27.8. The second kappa shape index (κ2) is 29.4. The van der Waals surface area contributed by atoms with Crippen LogP contribution in [0.4, 0.5) is 0 Å². The molecule has 9 nitrogen and oxygen atoms in total. The Balaban J connectivity index is 0.00000184. The maximum atomic E-state index is 13.7. The molecule has 0 aromatic carbocycles. The van der Waals surface area contributed by atoms with Gasteiger partial charge in [-0.2, -0.15) is 6.42 Å². The molecule has 53 heavy (non-hydrogen) atoms. The first-order valence-electron chi connectivity index (χ1n) is 18.7. The average molecular weight is 1110 g/mol. The van der Waals surface area contributed by atoms with E-state index in [0.717, 1.165) is 49.7 Å². The van der Waals surface area contributed by atoms with E-state index in [2.05, 4.69) is 85.3 Å². The number of allylic oxidation sites excluding steroid dienone is 2. The topological polar surface area (TPSA) is 120 Å². The predicted octanol–water partition coefficient (Wildman–Crippen LogP) is 9.88. The molecule has 1 aliphatic heterocycles. The van der Waals surface area contributed by atoms with E-state index in [9.17, 15) is 24.0 Å². The fourth-order valence-electron chi connectivity index (χ4n) is 6.63. The third kappa shape index (κ3) is 20.8. The Hall–Kier alpha value is -0.846. The maximum absolute atomic E-state index is 13.7. The van der Waals surface area contributed by atoms with Crippen molar-refractivity contribution in [3.05, 3.63) is 61.3 Å². The van der Waals surface area contributed by atoms with Crippen molar-refractivity contribution in [2.24, 2.45) is 23.7 Å². The van der Waals surface area contributed by atoms with Gasteiger partial charge in [0.2, 0.25) is 5.78 Å². The van der Waals surface area contributed by atoms with E-state index < -0.39 is 24.0 Å². The number of carbonyl (C=O) groups is 5. The van der Waals surface area contributed by atoms with Crippen LogP contribution in [0.5, 0.6) is 0 Å². The van der Waals surface area contributed by atoms with Crippen molar-refractivity contribution < 1.29 is 38.4 Å². The van der Waals surface area contributed by atoms with Crippen LogP contribution in [0.15, 0.2) is 48.8 Å². The number of ether oxygens (including phenoxy) is 2. The van der Waals surface area contributed by atoms with E-state index >= 15 is 0 Å². The van der Waals surface area contributed by atoms with Crippen LogP contribution in [0.2, 0.25) is 0 Å². The molecular weight excluding hydrogens is 1050 g/mol. The van der Waals surface area contributed by atoms with Gasteiger partial charge >= 0.3 is 70.8 Å². The minimum absolute atomic E-state index is 0.0727. The number of aryl methyl sites for hydroxylation is 1. The van der Waals surface area contributed by atoms with Crippen LogP contribution in [0, 0.1) is 30.6 Å². The van der Waals surface area contributed by atoms with E-state index in [4.69, 9.17) is 9.47 Å². The number of likely N-dealkylation sites (tertiary alicyclic amines) is 1. The molecule has 1 aliphatic carbocycles. The number of hydrogen-bond donors (Lipinski definition) is 0. The van der Waals surface area contributed by atoms with Gasteiger partial charge in [-0.05, 0) is 94.6 Å². The molecule has 13 heteroatoms. The van der Waals surface area contributed by atoms with Gasteiger partial charge in [0.25, 0.3) is 12.4 Å². The van der Waals surface area contributed by atoms with Crippen molar-refractivity contribution in [1.29, 1.82) is 0 Å². The molecule has 1 saturated carbocycles. The van der Waals surface area contributed by atoms with Crippen molar-refractivity contribution in [2.45, 2.75) is 123 Å². The summed E-state index contributed by atoms with van der Waals surface area (Å²) in [5.41, 5.74) is 1.98. The summed E-state index contributed by atoms with van der Waals surface area (Å²) in [4.78, 5) is 69.4.